The second-order valence-corrected chi connectivity index (χ2v) is 4.09. The lowest BCUT2D eigenvalue weighted by molar-refractivity contribution is 0.0525. The van der Waals surface area contributed by atoms with Crippen LogP contribution < -0.4 is 5.32 Å². The number of hydrogen-bond donors (Lipinski definition) is 1. The molecule has 0 aliphatic rings. The van der Waals surface area contributed by atoms with Gasteiger partial charge in [0.05, 0.1) is 12.7 Å². The first-order chi connectivity index (χ1) is 6.97. The van der Waals surface area contributed by atoms with Gasteiger partial charge in [0, 0.05) is 12.7 Å². The van der Waals surface area contributed by atoms with Crippen LogP contribution in [0.25, 0.3) is 0 Å². The third kappa shape index (κ3) is 4.99. The Morgan fingerprint density at radius 2 is 2.27 bits per heavy atom. The Hall–Kier alpha value is -1.59. The lowest BCUT2D eigenvalue weighted by atomic mass is 10.2. The SMILES string of the molecule is CC(C)(C)OC(=O)NCCn1ccnn1. The average Bonchev–Trinajstić information content (AvgIpc) is 2.53. The number of rotatable bonds is 3. The quantitative estimate of drug-likeness (QED) is 0.804. The van der Waals surface area contributed by atoms with Crippen LogP contribution in [-0.2, 0) is 11.3 Å². The van der Waals surface area contributed by atoms with Crippen LogP contribution in [0.4, 0.5) is 4.79 Å². The lowest BCUT2D eigenvalue weighted by Crippen LogP contribution is -2.34. The molecule has 0 aliphatic carbocycles. The van der Waals surface area contributed by atoms with E-state index >= 15 is 0 Å². The molecular weight excluding hydrogens is 196 g/mol. The minimum Gasteiger partial charge on any atom is -0.444 e. The molecule has 1 N–H and O–H groups in total. The first kappa shape index (κ1) is 11.5. The Kier molecular flexibility index (Phi) is 3.65. The predicted octanol–water partition coefficient (Wildman–Crippen LogP) is 0.803. The molecule has 0 bridgehead atoms. The zero-order valence-electron chi connectivity index (χ0n) is 9.23. The summed E-state index contributed by atoms with van der Waals surface area (Å²) in [6, 6.07) is 0. The maximum atomic E-state index is 11.2. The lowest BCUT2D eigenvalue weighted by Gasteiger charge is -2.19. The molecule has 1 aromatic rings. The molecule has 0 saturated heterocycles. The predicted molar refractivity (Wildman–Crippen MR) is 54.3 cm³/mol. The summed E-state index contributed by atoms with van der Waals surface area (Å²) in [5.74, 6) is 0. The van der Waals surface area contributed by atoms with Crippen molar-refractivity contribution in [3.05, 3.63) is 12.4 Å². The summed E-state index contributed by atoms with van der Waals surface area (Å²) in [6.45, 7) is 6.52. The van der Waals surface area contributed by atoms with Gasteiger partial charge in [-0.15, -0.1) is 5.10 Å². The fraction of sp³-hybridized carbons (Fsp3) is 0.667. The molecule has 0 aromatic carbocycles. The van der Waals surface area contributed by atoms with E-state index in [0.717, 1.165) is 0 Å². The standard InChI is InChI=1S/C9H16N4O2/c1-9(2,3)15-8(14)10-4-6-13-7-5-11-12-13/h5,7H,4,6H2,1-3H3,(H,10,14). The molecule has 1 amide bonds. The van der Waals surface area contributed by atoms with Crippen molar-refractivity contribution in [2.45, 2.75) is 32.9 Å². The van der Waals surface area contributed by atoms with Crippen molar-refractivity contribution in [1.82, 2.24) is 20.3 Å². The molecule has 6 nitrogen and oxygen atoms in total. The van der Waals surface area contributed by atoms with Gasteiger partial charge in [0.15, 0.2) is 0 Å². The molecule has 0 saturated carbocycles. The zero-order chi connectivity index (χ0) is 11.3. The fourth-order valence-corrected chi connectivity index (χ4v) is 0.939. The minimum absolute atomic E-state index is 0.414. The van der Waals surface area contributed by atoms with Gasteiger partial charge >= 0.3 is 6.09 Å². The Balaban J connectivity index is 2.18. The molecule has 0 aliphatic heterocycles. The molecule has 1 rings (SSSR count). The molecule has 1 aromatic heterocycles. The van der Waals surface area contributed by atoms with Crippen LogP contribution in [0.2, 0.25) is 0 Å². The largest absolute Gasteiger partial charge is 0.444 e. The van der Waals surface area contributed by atoms with E-state index in [1.165, 1.54) is 0 Å². The van der Waals surface area contributed by atoms with Crippen LogP contribution >= 0.6 is 0 Å². The highest BCUT2D eigenvalue weighted by atomic mass is 16.6. The highest BCUT2D eigenvalue weighted by Gasteiger charge is 2.15. The number of carbonyl (C=O) groups excluding carboxylic acids is 1. The number of nitrogens with zero attached hydrogens (tertiary/aromatic N) is 3. The molecular formula is C9H16N4O2. The number of carbonyl (C=O) groups is 1. The maximum Gasteiger partial charge on any atom is 0.407 e. The highest BCUT2D eigenvalue weighted by Crippen LogP contribution is 2.05. The smallest absolute Gasteiger partial charge is 0.407 e. The number of hydrogen-bond acceptors (Lipinski definition) is 4. The van der Waals surface area contributed by atoms with Crippen molar-refractivity contribution in [3.8, 4) is 0 Å². The first-order valence-electron chi connectivity index (χ1n) is 4.78. The molecule has 1 heterocycles. The van der Waals surface area contributed by atoms with Gasteiger partial charge in [-0.2, -0.15) is 0 Å². The van der Waals surface area contributed by atoms with Crippen LogP contribution in [-0.4, -0.2) is 33.2 Å². The average molecular weight is 212 g/mol. The summed E-state index contributed by atoms with van der Waals surface area (Å²) >= 11 is 0. The van der Waals surface area contributed by atoms with E-state index in [4.69, 9.17) is 4.74 Å². The molecule has 84 valence electrons. The second-order valence-electron chi connectivity index (χ2n) is 4.09. The molecule has 0 unspecified atom stereocenters. The number of nitrogens with one attached hydrogen (secondary N) is 1. The van der Waals surface area contributed by atoms with E-state index in [1.807, 2.05) is 20.8 Å². The summed E-state index contributed by atoms with van der Waals surface area (Å²) < 4.78 is 6.70. The Labute approximate surface area is 88.6 Å². The number of amides is 1. The van der Waals surface area contributed by atoms with Crippen molar-refractivity contribution in [1.29, 1.82) is 0 Å². The van der Waals surface area contributed by atoms with Gasteiger partial charge in [-0.05, 0) is 20.8 Å². The van der Waals surface area contributed by atoms with E-state index in [-0.39, 0.29) is 0 Å². The van der Waals surface area contributed by atoms with Gasteiger partial charge in [-0.25, -0.2) is 4.79 Å². The van der Waals surface area contributed by atoms with Crippen molar-refractivity contribution in [3.63, 3.8) is 0 Å². The third-order valence-electron chi connectivity index (χ3n) is 1.48. The molecule has 0 radical (unpaired) electrons. The van der Waals surface area contributed by atoms with Gasteiger partial charge in [0.25, 0.3) is 0 Å². The highest BCUT2D eigenvalue weighted by molar-refractivity contribution is 5.67. The number of ether oxygens (including phenoxy) is 1. The van der Waals surface area contributed by atoms with Gasteiger partial charge in [-0.3, -0.25) is 4.68 Å². The van der Waals surface area contributed by atoms with E-state index < -0.39 is 11.7 Å². The maximum absolute atomic E-state index is 11.2. The molecule has 0 fully saturated rings. The Bertz CT molecular complexity index is 302. The van der Waals surface area contributed by atoms with Gasteiger partial charge in [-0.1, -0.05) is 5.21 Å². The molecule has 15 heavy (non-hydrogen) atoms. The van der Waals surface area contributed by atoms with Crippen molar-refractivity contribution < 1.29 is 9.53 Å². The van der Waals surface area contributed by atoms with Crippen molar-refractivity contribution in [2.75, 3.05) is 6.54 Å². The number of alkyl carbamates (subject to hydrolysis) is 1. The second kappa shape index (κ2) is 4.77. The third-order valence-corrected chi connectivity index (χ3v) is 1.48. The van der Waals surface area contributed by atoms with Crippen LogP contribution in [0.15, 0.2) is 12.4 Å². The minimum atomic E-state index is -0.461. The fourth-order valence-electron chi connectivity index (χ4n) is 0.939. The summed E-state index contributed by atoms with van der Waals surface area (Å²) in [6.07, 6.45) is 2.91. The topological polar surface area (TPSA) is 69.0 Å². The first-order valence-corrected chi connectivity index (χ1v) is 4.78. The van der Waals surface area contributed by atoms with Gasteiger partial charge < -0.3 is 10.1 Å². The van der Waals surface area contributed by atoms with Crippen LogP contribution in [0, 0.1) is 0 Å². The molecule has 0 atom stereocenters. The monoisotopic (exact) mass is 212 g/mol. The van der Waals surface area contributed by atoms with E-state index in [9.17, 15) is 4.79 Å². The van der Waals surface area contributed by atoms with Crippen LogP contribution in [0.3, 0.4) is 0 Å². The summed E-state index contributed by atoms with van der Waals surface area (Å²) in [5.41, 5.74) is -0.461. The van der Waals surface area contributed by atoms with E-state index in [1.54, 1.807) is 17.1 Å². The van der Waals surface area contributed by atoms with Crippen LogP contribution in [0.1, 0.15) is 20.8 Å². The van der Waals surface area contributed by atoms with Crippen LogP contribution in [0.5, 0.6) is 0 Å². The normalized spacial score (nSPS) is 11.1. The number of aromatic nitrogens is 3. The zero-order valence-corrected chi connectivity index (χ0v) is 9.23. The Morgan fingerprint density at radius 3 is 2.80 bits per heavy atom. The summed E-state index contributed by atoms with van der Waals surface area (Å²) in [4.78, 5) is 11.2. The molecule has 6 heteroatoms. The van der Waals surface area contributed by atoms with Crippen molar-refractivity contribution >= 4 is 6.09 Å². The van der Waals surface area contributed by atoms with E-state index in [2.05, 4.69) is 15.6 Å². The summed E-state index contributed by atoms with van der Waals surface area (Å²) in [7, 11) is 0. The summed E-state index contributed by atoms with van der Waals surface area (Å²) in [5, 5.41) is 10.0. The van der Waals surface area contributed by atoms with Crippen molar-refractivity contribution in [2.24, 2.45) is 0 Å². The molecule has 0 spiro atoms. The Morgan fingerprint density at radius 1 is 1.53 bits per heavy atom. The van der Waals surface area contributed by atoms with Gasteiger partial charge in [0.2, 0.25) is 0 Å². The van der Waals surface area contributed by atoms with Gasteiger partial charge in [0.1, 0.15) is 5.60 Å². The van der Waals surface area contributed by atoms with E-state index in [0.29, 0.717) is 13.1 Å².